The number of anilines is 1. The lowest BCUT2D eigenvalue weighted by molar-refractivity contribution is -0.136. The van der Waals surface area contributed by atoms with Gasteiger partial charge in [0.15, 0.2) is 5.91 Å². The SMILES string of the molecule is CCOPC(F)c1sc2c(OCCCC(F)(F)F)cc(N)cc2c1Br. The largest absolute Gasteiger partial charge is 0.492 e. The third-order valence-electron chi connectivity index (χ3n) is 3.17. The zero-order chi connectivity index (χ0) is 18.6. The van der Waals surface area contributed by atoms with Crippen molar-refractivity contribution >= 4 is 51.8 Å². The van der Waals surface area contributed by atoms with Crippen LogP contribution in [0.1, 0.15) is 30.6 Å². The van der Waals surface area contributed by atoms with E-state index in [4.69, 9.17) is 15.0 Å². The van der Waals surface area contributed by atoms with E-state index in [-0.39, 0.29) is 21.8 Å². The number of halogens is 5. The molecule has 0 radical (unpaired) electrons. The number of nitrogens with two attached hydrogens (primary N) is 1. The number of fused-ring (bicyclic) bond motifs is 1. The molecule has 0 bridgehead atoms. The summed E-state index contributed by atoms with van der Waals surface area (Å²) >= 11 is 4.56. The second-order valence-corrected chi connectivity index (χ2v) is 8.03. The molecule has 0 spiro atoms. The van der Waals surface area contributed by atoms with Gasteiger partial charge >= 0.3 is 6.18 Å². The molecule has 1 aromatic carbocycles. The first-order valence-corrected chi connectivity index (χ1v) is 10.0. The Labute approximate surface area is 156 Å². The number of hydrogen-bond acceptors (Lipinski definition) is 4. The summed E-state index contributed by atoms with van der Waals surface area (Å²) in [5.41, 5.74) is 6.23. The van der Waals surface area contributed by atoms with Crippen LogP contribution in [0, 0.1) is 0 Å². The molecular formula is C15H17BrF4NO2PS. The van der Waals surface area contributed by atoms with E-state index in [1.165, 1.54) is 11.3 Å². The molecule has 2 unspecified atom stereocenters. The fourth-order valence-electron chi connectivity index (χ4n) is 2.11. The highest BCUT2D eigenvalue weighted by molar-refractivity contribution is 9.10. The summed E-state index contributed by atoms with van der Waals surface area (Å²) in [4.78, 5) is 0.451. The van der Waals surface area contributed by atoms with Crippen LogP contribution in [-0.2, 0) is 4.52 Å². The Morgan fingerprint density at radius 1 is 1.36 bits per heavy atom. The number of ether oxygens (including phenoxy) is 1. The van der Waals surface area contributed by atoms with Crippen LogP contribution in [-0.4, -0.2) is 19.4 Å². The van der Waals surface area contributed by atoms with E-state index in [2.05, 4.69) is 15.9 Å². The number of alkyl halides is 4. The Balaban J connectivity index is 2.22. The molecule has 25 heavy (non-hydrogen) atoms. The minimum absolute atomic E-state index is 0.0946. The number of nitrogen functional groups attached to an aromatic ring is 1. The third kappa shape index (κ3) is 5.67. The Kier molecular flexibility index (Phi) is 7.31. The molecule has 3 nitrogen and oxygen atoms in total. The zero-order valence-electron chi connectivity index (χ0n) is 13.3. The number of hydrogen-bond donors (Lipinski definition) is 1. The highest BCUT2D eigenvalue weighted by atomic mass is 79.9. The van der Waals surface area contributed by atoms with E-state index in [1.807, 2.05) is 0 Å². The van der Waals surface area contributed by atoms with Crippen LogP contribution in [0.2, 0.25) is 0 Å². The van der Waals surface area contributed by atoms with E-state index >= 15 is 0 Å². The van der Waals surface area contributed by atoms with Crippen LogP contribution in [0.4, 0.5) is 23.2 Å². The summed E-state index contributed by atoms with van der Waals surface area (Å²) in [7, 11) is -0.330. The summed E-state index contributed by atoms with van der Waals surface area (Å²) in [6.45, 7) is 2.11. The molecule has 1 aromatic heterocycles. The smallest absolute Gasteiger partial charge is 0.389 e. The topological polar surface area (TPSA) is 44.5 Å². The van der Waals surface area contributed by atoms with E-state index in [0.717, 1.165) is 0 Å². The average Bonchev–Trinajstić information content (AvgIpc) is 2.85. The van der Waals surface area contributed by atoms with Crippen LogP contribution in [0.3, 0.4) is 0 Å². The molecule has 0 saturated carbocycles. The zero-order valence-corrected chi connectivity index (χ0v) is 16.7. The Morgan fingerprint density at radius 3 is 2.72 bits per heavy atom. The molecule has 2 rings (SSSR count). The lowest BCUT2D eigenvalue weighted by atomic mass is 10.2. The van der Waals surface area contributed by atoms with Gasteiger partial charge in [-0.15, -0.1) is 11.3 Å². The number of benzene rings is 1. The van der Waals surface area contributed by atoms with Gasteiger partial charge in [-0.05, 0) is 35.3 Å². The maximum absolute atomic E-state index is 14.4. The Bertz CT molecular complexity index is 726. The Hall–Kier alpha value is -0.630. The molecular weight excluding hydrogens is 445 g/mol. The minimum Gasteiger partial charge on any atom is -0.492 e. The highest BCUT2D eigenvalue weighted by Crippen LogP contribution is 2.50. The van der Waals surface area contributed by atoms with E-state index in [0.29, 0.717) is 37.5 Å². The standard InChI is InChI=1S/C15H17BrF4NO2PS/c1-2-23-24-14(17)13-11(16)9-6-8(21)7-10(12(9)25-13)22-5-3-4-15(18,19)20/h6-7,14,24H,2-5,21H2,1H3. The highest BCUT2D eigenvalue weighted by Gasteiger charge is 2.26. The molecule has 0 amide bonds. The van der Waals surface area contributed by atoms with E-state index in [1.54, 1.807) is 19.1 Å². The summed E-state index contributed by atoms with van der Waals surface area (Å²) < 4.78 is 62.8. The van der Waals surface area contributed by atoms with Gasteiger partial charge in [0.2, 0.25) is 0 Å². The summed E-state index contributed by atoms with van der Waals surface area (Å²) in [6, 6.07) is 3.22. The van der Waals surface area contributed by atoms with Gasteiger partial charge in [0.1, 0.15) is 5.75 Å². The fraction of sp³-hybridized carbons (Fsp3) is 0.467. The molecule has 2 N–H and O–H groups in total. The first kappa shape index (κ1) is 20.7. The monoisotopic (exact) mass is 461 g/mol. The molecule has 0 fully saturated rings. The predicted molar refractivity (Wildman–Crippen MR) is 98.5 cm³/mol. The van der Waals surface area contributed by atoms with Crippen molar-refractivity contribution in [1.82, 2.24) is 0 Å². The lowest BCUT2D eigenvalue weighted by Gasteiger charge is -2.09. The van der Waals surface area contributed by atoms with Crippen molar-refractivity contribution in [2.45, 2.75) is 31.9 Å². The maximum Gasteiger partial charge on any atom is 0.389 e. The van der Waals surface area contributed by atoms with Crippen LogP contribution in [0.25, 0.3) is 10.1 Å². The molecule has 0 aliphatic rings. The molecule has 10 heteroatoms. The molecule has 1 heterocycles. The van der Waals surface area contributed by atoms with E-state index in [9.17, 15) is 17.6 Å². The molecule has 140 valence electrons. The summed E-state index contributed by atoms with van der Waals surface area (Å²) in [5, 5.41) is 0.676. The van der Waals surface area contributed by atoms with Crippen LogP contribution < -0.4 is 10.5 Å². The van der Waals surface area contributed by atoms with Gasteiger partial charge in [0, 0.05) is 34.6 Å². The van der Waals surface area contributed by atoms with E-state index < -0.39 is 18.5 Å². The minimum atomic E-state index is -4.21. The molecule has 2 atom stereocenters. The fourth-order valence-corrected chi connectivity index (χ4v) is 5.11. The van der Waals surface area contributed by atoms with Crippen molar-refractivity contribution in [2.75, 3.05) is 18.9 Å². The molecule has 0 saturated heterocycles. The number of thiophene rings is 1. The number of rotatable bonds is 8. The lowest BCUT2D eigenvalue weighted by Crippen LogP contribution is -2.09. The van der Waals surface area contributed by atoms with Crippen molar-refractivity contribution < 1.29 is 26.8 Å². The van der Waals surface area contributed by atoms with Gasteiger partial charge in [-0.1, -0.05) is 0 Å². The molecule has 2 aromatic rings. The van der Waals surface area contributed by atoms with Gasteiger partial charge in [0.05, 0.1) is 25.0 Å². The van der Waals surface area contributed by atoms with Crippen molar-refractivity contribution in [2.24, 2.45) is 0 Å². The van der Waals surface area contributed by atoms with Crippen LogP contribution in [0.5, 0.6) is 5.75 Å². The first-order valence-electron chi connectivity index (χ1n) is 7.45. The summed E-state index contributed by atoms with van der Waals surface area (Å²) in [5.74, 6) is -0.924. The predicted octanol–water partition coefficient (Wildman–Crippen LogP) is 6.57. The Morgan fingerprint density at radius 2 is 2.08 bits per heavy atom. The van der Waals surface area contributed by atoms with Crippen LogP contribution in [0.15, 0.2) is 16.6 Å². The van der Waals surface area contributed by atoms with Gasteiger partial charge in [-0.25, -0.2) is 4.39 Å². The average molecular weight is 462 g/mol. The third-order valence-corrected chi connectivity index (χ3v) is 6.70. The normalized spacial score (nSPS) is 13.8. The van der Waals surface area contributed by atoms with Gasteiger partial charge in [-0.2, -0.15) is 13.2 Å². The van der Waals surface area contributed by atoms with Gasteiger partial charge in [0.25, 0.3) is 0 Å². The van der Waals surface area contributed by atoms with Gasteiger partial charge in [-0.3, -0.25) is 0 Å². The maximum atomic E-state index is 14.4. The van der Waals surface area contributed by atoms with Crippen molar-refractivity contribution in [1.29, 1.82) is 0 Å². The van der Waals surface area contributed by atoms with Crippen LogP contribution >= 0.6 is 36.1 Å². The first-order chi connectivity index (χ1) is 11.7. The van der Waals surface area contributed by atoms with Crippen molar-refractivity contribution in [3.05, 3.63) is 21.5 Å². The summed E-state index contributed by atoms with van der Waals surface area (Å²) in [6.07, 6.45) is -5.29. The molecule has 0 aliphatic carbocycles. The second-order valence-electron chi connectivity index (χ2n) is 5.16. The van der Waals surface area contributed by atoms with Crippen molar-refractivity contribution in [3.8, 4) is 5.75 Å². The van der Waals surface area contributed by atoms with Crippen molar-refractivity contribution in [3.63, 3.8) is 0 Å². The molecule has 0 aliphatic heterocycles. The van der Waals surface area contributed by atoms with Gasteiger partial charge < -0.3 is 15.0 Å². The second kappa shape index (κ2) is 8.84. The quantitative estimate of drug-likeness (QED) is 0.209.